The van der Waals surface area contributed by atoms with Crippen molar-refractivity contribution in [3.05, 3.63) is 0 Å². The summed E-state index contributed by atoms with van der Waals surface area (Å²) in [6, 6.07) is 0. The Morgan fingerprint density at radius 2 is 1.31 bits per heavy atom. The summed E-state index contributed by atoms with van der Waals surface area (Å²) in [6.07, 6.45) is 13.1. The number of rotatable bonds is 6. The lowest BCUT2D eigenvalue weighted by molar-refractivity contribution is -0.385. The van der Waals surface area contributed by atoms with Gasteiger partial charge in [0.05, 0.1) is 41.7 Å². The molecule has 8 bridgehead atoms. The first-order valence-corrected chi connectivity index (χ1v) is 18.5. The molecule has 1 aliphatic heterocycles. The quantitative estimate of drug-likeness (QED) is 0.376. The van der Waals surface area contributed by atoms with Gasteiger partial charge in [-0.3, -0.25) is 9.59 Å². The number of ether oxygens (including phenoxy) is 4. The lowest BCUT2D eigenvalue weighted by Crippen LogP contribution is -2.65. The number of carbonyl (C=O) groups excluding carboxylic acids is 2. The van der Waals surface area contributed by atoms with Gasteiger partial charge < -0.3 is 29.2 Å². The molecule has 0 aromatic heterocycles. The van der Waals surface area contributed by atoms with Crippen LogP contribution in [0.25, 0.3) is 0 Å². The Hall–Kier alpha value is -1.22. The largest absolute Gasteiger partial charge is 0.465 e. The zero-order valence-electron chi connectivity index (χ0n) is 27.6. The van der Waals surface area contributed by atoms with Gasteiger partial charge in [-0.2, -0.15) is 0 Å². The topological polar surface area (TPSA) is 112 Å². The second-order valence-corrected chi connectivity index (χ2v) is 18.3. The maximum Gasteiger partial charge on any atom is 0.312 e. The van der Waals surface area contributed by atoms with Crippen molar-refractivity contribution in [2.24, 2.45) is 64.1 Å². The van der Waals surface area contributed by atoms with Gasteiger partial charge in [0.1, 0.15) is 13.2 Å². The van der Waals surface area contributed by atoms with Crippen LogP contribution in [0.3, 0.4) is 0 Å². The number of fused-ring (bicyclic) bond motifs is 4. The third-order valence-electron chi connectivity index (χ3n) is 14.0. The molecule has 252 valence electrons. The molecule has 8 nitrogen and oxygen atoms in total. The van der Waals surface area contributed by atoms with E-state index in [1.807, 2.05) is 0 Å². The first-order valence-electron chi connectivity index (χ1n) is 18.5. The van der Waals surface area contributed by atoms with Crippen molar-refractivity contribution in [3.63, 3.8) is 0 Å². The molecule has 45 heavy (non-hydrogen) atoms. The summed E-state index contributed by atoms with van der Waals surface area (Å²) in [5, 5.41) is 21.9. The molecule has 8 atom stereocenters. The van der Waals surface area contributed by atoms with Crippen LogP contribution in [0.4, 0.5) is 0 Å². The lowest BCUT2D eigenvalue weighted by atomic mass is 9.53. The fraction of sp³-hybridized carbons (Fsp3) is 0.946. The van der Waals surface area contributed by atoms with Crippen LogP contribution in [0.5, 0.6) is 0 Å². The minimum Gasteiger partial charge on any atom is -0.465 e. The molecule has 1 spiro atoms. The second-order valence-electron chi connectivity index (χ2n) is 18.3. The van der Waals surface area contributed by atoms with E-state index in [2.05, 4.69) is 13.8 Å². The van der Waals surface area contributed by atoms with Gasteiger partial charge in [0.2, 0.25) is 0 Å². The van der Waals surface area contributed by atoms with Crippen LogP contribution in [0.15, 0.2) is 0 Å². The Morgan fingerprint density at radius 1 is 0.689 bits per heavy atom. The Morgan fingerprint density at radius 3 is 1.98 bits per heavy atom. The fourth-order valence-electron chi connectivity index (χ4n) is 12.9. The molecular weight excluding hydrogens is 572 g/mol. The first kappa shape index (κ1) is 31.1. The van der Waals surface area contributed by atoms with Gasteiger partial charge >= 0.3 is 11.9 Å². The van der Waals surface area contributed by atoms with E-state index in [4.69, 9.17) is 18.9 Å². The predicted molar refractivity (Wildman–Crippen MR) is 164 cm³/mol. The highest BCUT2D eigenvalue weighted by atomic mass is 16.7. The zero-order valence-corrected chi connectivity index (χ0v) is 27.6. The molecule has 0 radical (unpaired) electrons. The van der Waals surface area contributed by atoms with Crippen LogP contribution in [0.1, 0.15) is 110 Å². The van der Waals surface area contributed by atoms with Crippen molar-refractivity contribution in [1.29, 1.82) is 0 Å². The van der Waals surface area contributed by atoms with Crippen molar-refractivity contribution in [2.75, 3.05) is 26.4 Å². The minimum absolute atomic E-state index is 0.0699. The number of esters is 2. The molecule has 1 saturated heterocycles. The zero-order chi connectivity index (χ0) is 31.2. The van der Waals surface area contributed by atoms with E-state index >= 15 is 0 Å². The van der Waals surface area contributed by atoms with Gasteiger partial charge in [-0.25, -0.2) is 0 Å². The van der Waals surface area contributed by atoms with E-state index < -0.39 is 28.3 Å². The van der Waals surface area contributed by atoms with Crippen LogP contribution in [0, 0.1) is 64.1 Å². The molecule has 1 heterocycles. The highest BCUT2D eigenvalue weighted by molar-refractivity contribution is 5.77. The third-order valence-corrected chi connectivity index (χ3v) is 14.0. The van der Waals surface area contributed by atoms with E-state index in [0.29, 0.717) is 61.6 Å². The summed E-state index contributed by atoms with van der Waals surface area (Å²) in [5.74, 6) is 2.63. The first-order chi connectivity index (χ1) is 21.4. The maximum absolute atomic E-state index is 13.9. The SMILES string of the molecule is CC1CC2CC(C(=O)OCC3(COC(=O)C45CC(C)CC(CC(O)C4)C5)COC4(OC3)C3CC5CC(C3)CC4C5)CC(O)(C1)C2. The number of hydrogen-bond donors (Lipinski definition) is 2. The third kappa shape index (κ3) is 5.59. The number of hydrogen-bond acceptors (Lipinski definition) is 8. The molecular formula is C37H56O8. The molecule has 8 unspecified atom stereocenters. The Kier molecular flexibility index (Phi) is 7.71. The van der Waals surface area contributed by atoms with Crippen molar-refractivity contribution in [1.82, 2.24) is 0 Å². The van der Waals surface area contributed by atoms with Crippen LogP contribution in [-0.4, -0.2) is 66.1 Å². The van der Waals surface area contributed by atoms with E-state index in [-0.39, 0.29) is 31.1 Å². The van der Waals surface area contributed by atoms with Gasteiger partial charge in [-0.05, 0) is 132 Å². The highest BCUT2D eigenvalue weighted by Gasteiger charge is 2.62. The van der Waals surface area contributed by atoms with E-state index in [9.17, 15) is 19.8 Å². The molecule has 8 saturated carbocycles. The van der Waals surface area contributed by atoms with Crippen LogP contribution in [0.2, 0.25) is 0 Å². The average molecular weight is 629 g/mol. The standard InChI is InChI=1S/C37H56O8/c1-22-3-27-11-31(38)17-35(12-22,14-27)33(40)43-19-34(18-42-32(39)28-6-26-4-23(2)13-36(41,15-26)16-28)20-44-37(45-21-34)29-7-24-5-25(9-29)10-30(37)8-24/h22-31,38,41H,3-21H2,1-2H3. The fourth-order valence-corrected chi connectivity index (χ4v) is 12.9. The molecule has 2 N–H and O–H groups in total. The molecule has 8 heteroatoms. The van der Waals surface area contributed by atoms with E-state index in [0.717, 1.165) is 63.2 Å². The van der Waals surface area contributed by atoms with Gasteiger partial charge in [0.25, 0.3) is 0 Å². The second kappa shape index (κ2) is 11.2. The van der Waals surface area contributed by atoms with Gasteiger partial charge in [0, 0.05) is 11.8 Å². The normalized spacial score (nSPS) is 53.2. The summed E-state index contributed by atoms with van der Waals surface area (Å²) in [6.45, 7) is 5.21. The molecule has 0 aromatic carbocycles. The Balaban J connectivity index is 0.977. The molecule has 8 aliphatic carbocycles. The number of aliphatic hydroxyl groups excluding tert-OH is 1. The molecule has 9 rings (SSSR count). The lowest BCUT2D eigenvalue weighted by Gasteiger charge is -2.62. The Labute approximate surface area is 268 Å². The highest BCUT2D eigenvalue weighted by Crippen LogP contribution is 2.61. The van der Waals surface area contributed by atoms with Crippen molar-refractivity contribution >= 4 is 11.9 Å². The maximum atomic E-state index is 13.9. The van der Waals surface area contributed by atoms with Crippen LogP contribution < -0.4 is 0 Å². The minimum atomic E-state index is -0.787. The van der Waals surface area contributed by atoms with Crippen molar-refractivity contribution in [3.8, 4) is 0 Å². The summed E-state index contributed by atoms with van der Waals surface area (Å²) in [5.41, 5.74) is -2.21. The van der Waals surface area contributed by atoms with Crippen molar-refractivity contribution < 1.29 is 38.7 Å². The van der Waals surface area contributed by atoms with Gasteiger partial charge in [0.15, 0.2) is 5.79 Å². The predicted octanol–water partition coefficient (Wildman–Crippen LogP) is 5.41. The molecule has 9 fully saturated rings. The van der Waals surface area contributed by atoms with Crippen molar-refractivity contribution in [2.45, 2.75) is 128 Å². The average Bonchev–Trinajstić information content (AvgIpc) is 2.96. The number of carbonyl (C=O) groups is 2. The molecule has 9 aliphatic rings. The Bertz CT molecular complexity index is 1110. The van der Waals surface area contributed by atoms with Crippen LogP contribution >= 0.6 is 0 Å². The van der Waals surface area contributed by atoms with Gasteiger partial charge in [-0.15, -0.1) is 0 Å². The monoisotopic (exact) mass is 628 g/mol. The summed E-state index contributed by atoms with van der Waals surface area (Å²) < 4.78 is 26.0. The molecule has 0 aromatic rings. The summed E-state index contributed by atoms with van der Waals surface area (Å²) >= 11 is 0. The van der Waals surface area contributed by atoms with E-state index in [1.54, 1.807) is 0 Å². The number of aliphatic hydroxyl groups is 2. The van der Waals surface area contributed by atoms with Gasteiger partial charge in [-0.1, -0.05) is 13.8 Å². The molecule has 0 amide bonds. The smallest absolute Gasteiger partial charge is 0.312 e. The summed E-state index contributed by atoms with van der Waals surface area (Å²) in [4.78, 5) is 27.5. The van der Waals surface area contributed by atoms with E-state index in [1.165, 1.54) is 32.1 Å². The summed E-state index contributed by atoms with van der Waals surface area (Å²) in [7, 11) is 0. The van der Waals surface area contributed by atoms with Crippen LogP contribution in [-0.2, 0) is 28.5 Å².